The lowest BCUT2D eigenvalue weighted by Gasteiger charge is -2.00. The lowest BCUT2D eigenvalue weighted by atomic mass is 10.2. The lowest BCUT2D eigenvalue weighted by molar-refractivity contribution is 0.111. The molecule has 4 heteroatoms. The Bertz CT molecular complexity index is 341. The molecular weight excluding hydrogens is 156 g/mol. The monoisotopic (exact) mass is 162 g/mol. The molecule has 0 aliphatic heterocycles. The molecule has 0 saturated carbocycles. The molecule has 0 fully saturated rings. The first-order valence-electron chi connectivity index (χ1n) is 3.21. The molecule has 1 rings (SSSR count). The van der Waals surface area contributed by atoms with Crippen LogP contribution < -0.4 is 4.74 Å². The van der Waals surface area contributed by atoms with Crippen LogP contribution in [0, 0.1) is 11.3 Å². The molecule has 0 aliphatic rings. The molecule has 1 heterocycles. The highest BCUT2D eigenvalue weighted by atomic mass is 16.5. The molecule has 0 aromatic carbocycles. The number of hydrogen-bond acceptors (Lipinski definition) is 4. The van der Waals surface area contributed by atoms with Crippen LogP contribution in [-0.2, 0) is 0 Å². The van der Waals surface area contributed by atoms with Crippen LogP contribution in [0.2, 0.25) is 0 Å². The molecule has 0 saturated heterocycles. The van der Waals surface area contributed by atoms with Crippen LogP contribution in [0.15, 0.2) is 12.3 Å². The highest BCUT2D eigenvalue weighted by Gasteiger charge is 2.03. The Morgan fingerprint density at radius 1 is 1.75 bits per heavy atom. The zero-order valence-corrected chi connectivity index (χ0v) is 6.44. The third kappa shape index (κ3) is 1.40. The van der Waals surface area contributed by atoms with Crippen molar-refractivity contribution in [3.8, 4) is 11.8 Å². The molecule has 0 atom stereocenters. The second-order valence-corrected chi connectivity index (χ2v) is 2.04. The number of carbonyl (C=O) groups is 1. The number of pyridine rings is 1. The van der Waals surface area contributed by atoms with Gasteiger partial charge >= 0.3 is 0 Å². The molecule has 0 unspecified atom stereocenters. The van der Waals surface area contributed by atoms with Crippen molar-refractivity contribution < 1.29 is 9.53 Å². The largest absolute Gasteiger partial charge is 0.495 e. The summed E-state index contributed by atoms with van der Waals surface area (Å²) in [6.07, 6.45) is 1.91. The number of nitrogens with zero attached hydrogens (tertiary/aromatic N) is 2. The molecule has 0 aliphatic carbocycles. The minimum Gasteiger partial charge on any atom is -0.495 e. The van der Waals surface area contributed by atoms with Gasteiger partial charge in [0.15, 0.2) is 6.29 Å². The van der Waals surface area contributed by atoms with Crippen LogP contribution in [0.3, 0.4) is 0 Å². The number of ether oxygens (including phenoxy) is 1. The van der Waals surface area contributed by atoms with Crippen molar-refractivity contribution in [1.82, 2.24) is 4.98 Å². The van der Waals surface area contributed by atoms with E-state index in [0.29, 0.717) is 17.6 Å². The van der Waals surface area contributed by atoms with Gasteiger partial charge in [-0.1, -0.05) is 0 Å². The van der Waals surface area contributed by atoms with E-state index in [1.807, 2.05) is 6.07 Å². The minimum atomic E-state index is 0.255. The van der Waals surface area contributed by atoms with Gasteiger partial charge in [-0.05, 0) is 0 Å². The van der Waals surface area contributed by atoms with Crippen molar-refractivity contribution in [2.24, 2.45) is 0 Å². The maximum absolute atomic E-state index is 10.3. The Labute approximate surface area is 69.4 Å². The highest BCUT2D eigenvalue weighted by molar-refractivity contribution is 5.73. The molecular formula is C8H6N2O2. The van der Waals surface area contributed by atoms with Crippen molar-refractivity contribution >= 4 is 6.29 Å². The summed E-state index contributed by atoms with van der Waals surface area (Å²) in [5, 5.41) is 8.55. The van der Waals surface area contributed by atoms with Gasteiger partial charge in [-0.3, -0.25) is 9.78 Å². The molecule has 0 amide bonds. The molecule has 60 valence electrons. The number of nitriles is 1. The molecule has 1 aromatic heterocycles. The van der Waals surface area contributed by atoms with E-state index in [2.05, 4.69) is 4.98 Å². The Balaban J connectivity index is 3.21. The van der Waals surface area contributed by atoms with Gasteiger partial charge in [-0.25, -0.2) is 0 Å². The number of hydrogen-bond donors (Lipinski definition) is 0. The fraction of sp³-hybridized carbons (Fsp3) is 0.125. The predicted molar refractivity (Wildman–Crippen MR) is 40.9 cm³/mol. The third-order valence-electron chi connectivity index (χ3n) is 1.35. The molecule has 0 spiro atoms. The van der Waals surface area contributed by atoms with Gasteiger partial charge in [0.05, 0.1) is 7.11 Å². The van der Waals surface area contributed by atoms with E-state index in [0.717, 1.165) is 0 Å². The van der Waals surface area contributed by atoms with Gasteiger partial charge in [0, 0.05) is 12.3 Å². The molecule has 1 aromatic rings. The topological polar surface area (TPSA) is 63.0 Å². The van der Waals surface area contributed by atoms with Gasteiger partial charge in [0.25, 0.3) is 0 Å². The second kappa shape index (κ2) is 3.49. The summed E-state index contributed by atoms with van der Waals surface area (Å²) >= 11 is 0. The molecule has 0 radical (unpaired) electrons. The van der Waals surface area contributed by atoms with Gasteiger partial charge in [-0.2, -0.15) is 5.26 Å². The minimum absolute atomic E-state index is 0.255. The number of carbonyl (C=O) groups excluding carboxylic acids is 1. The third-order valence-corrected chi connectivity index (χ3v) is 1.35. The summed E-state index contributed by atoms with van der Waals surface area (Å²) in [6, 6.07) is 3.32. The first kappa shape index (κ1) is 8.21. The first-order valence-corrected chi connectivity index (χ1v) is 3.21. The summed E-state index contributed by atoms with van der Waals surface area (Å²) in [6.45, 7) is 0. The molecule has 0 N–H and O–H groups in total. The van der Waals surface area contributed by atoms with Crippen LogP contribution in [-0.4, -0.2) is 18.4 Å². The van der Waals surface area contributed by atoms with Crippen LogP contribution in [0.5, 0.6) is 5.75 Å². The summed E-state index contributed by atoms with van der Waals surface area (Å²) in [5.74, 6) is 0.370. The fourth-order valence-electron chi connectivity index (χ4n) is 0.769. The lowest BCUT2D eigenvalue weighted by Crippen LogP contribution is -1.93. The maximum Gasteiger partial charge on any atom is 0.168 e. The number of rotatable bonds is 2. The van der Waals surface area contributed by atoms with Gasteiger partial charge in [0.2, 0.25) is 0 Å². The zero-order valence-electron chi connectivity index (χ0n) is 6.44. The van der Waals surface area contributed by atoms with Crippen molar-refractivity contribution in [2.75, 3.05) is 7.11 Å². The van der Waals surface area contributed by atoms with Crippen LogP contribution in [0.4, 0.5) is 0 Å². The highest BCUT2D eigenvalue weighted by Crippen LogP contribution is 2.15. The van der Waals surface area contributed by atoms with Crippen molar-refractivity contribution in [1.29, 1.82) is 5.26 Å². The van der Waals surface area contributed by atoms with Crippen LogP contribution >= 0.6 is 0 Å². The van der Waals surface area contributed by atoms with E-state index < -0.39 is 0 Å². The summed E-state index contributed by atoms with van der Waals surface area (Å²) in [5.41, 5.74) is 0.578. The molecule has 0 bridgehead atoms. The maximum atomic E-state index is 10.3. The van der Waals surface area contributed by atoms with Crippen molar-refractivity contribution in [2.45, 2.75) is 0 Å². The van der Waals surface area contributed by atoms with Gasteiger partial charge < -0.3 is 4.74 Å². The molecule has 4 nitrogen and oxygen atoms in total. The standard InChI is InChI=1S/C8H6N2O2/c1-12-8-2-7(5-11)10-4-6(8)3-9/h2,4-5H,1H3. The van der Waals surface area contributed by atoms with Gasteiger partial charge in [-0.15, -0.1) is 0 Å². The van der Waals surface area contributed by atoms with E-state index in [-0.39, 0.29) is 5.69 Å². The number of aldehydes is 1. The summed E-state index contributed by atoms with van der Waals surface area (Å²) in [7, 11) is 1.44. The Morgan fingerprint density at radius 3 is 3.00 bits per heavy atom. The normalized spacial score (nSPS) is 8.67. The Kier molecular flexibility index (Phi) is 2.38. The zero-order chi connectivity index (χ0) is 8.97. The average molecular weight is 162 g/mol. The number of methoxy groups -OCH3 is 1. The summed E-state index contributed by atoms with van der Waals surface area (Å²) < 4.78 is 4.86. The SMILES string of the molecule is COc1cc(C=O)ncc1C#N. The Morgan fingerprint density at radius 2 is 2.50 bits per heavy atom. The predicted octanol–water partition coefficient (Wildman–Crippen LogP) is 0.774. The van der Waals surface area contributed by atoms with E-state index in [4.69, 9.17) is 10.00 Å². The van der Waals surface area contributed by atoms with E-state index in [9.17, 15) is 4.79 Å². The van der Waals surface area contributed by atoms with E-state index in [1.54, 1.807) is 0 Å². The quantitative estimate of drug-likeness (QED) is 0.602. The summed E-state index contributed by atoms with van der Waals surface area (Å²) in [4.78, 5) is 14.0. The van der Waals surface area contributed by atoms with Crippen LogP contribution in [0.25, 0.3) is 0 Å². The molecule has 12 heavy (non-hydrogen) atoms. The van der Waals surface area contributed by atoms with Crippen molar-refractivity contribution in [3.05, 3.63) is 23.5 Å². The average Bonchev–Trinajstić information content (AvgIpc) is 2.16. The van der Waals surface area contributed by atoms with Crippen LogP contribution in [0.1, 0.15) is 16.1 Å². The smallest absolute Gasteiger partial charge is 0.168 e. The van der Waals surface area contributed by atoms with E-state index in [1.165, 1.54) is 19.4 Å². The Hall–Kier alpha value is -1.89. The number of aromatic nitrogens is 1. The van der Waals surface area contributed by atoms with Crippen molar-refractivity contribution in [3.63, 3.8) is 0 Å². The van der Waals surface area contributed by atoms with Gasteiger partial charge in [0.1, 0.15) is 23.1 Å². The van der Waals surface area contributed by atoms with E-state index >= 15 is 0 Å². The fourth-order valence-corrected chi connectivity index (χ4v) is 0.769. The second-order valence-electron chi connectivity index (χ2n) is 2.04. The first-order chi connectivity index (χ1) is 5.81.